The van der Waals surface area contributed by atoms with E-state index in [0.29, 0.717) is 6.54 Å². The lowest BCUT2D eigenvalue weighted by Crippen LogP contribution is -2.51. The van der Waals surface area contributed by atoms with E-state index >= 15 is 0 Å². The van der Waals surface area contributed by atoms with E-state index in [0.717, 1.165) is 21.0 Å². The first kappa shape index (κ1) is 31.5. The fraction of sp³-hybridized carbons (Fsp3) is 0.333. The number of nitrogens with one attached hydrogen (secondary N) is 1. The van der Waals surface area contributed by atoms with Crippen molar-refractivity contribution >= 4 is 50.7 Å². The normalized spacial score (nSPS) is 12.2. The molecule has 7 nitrogen and oxygen atoms in total. The molecule has 3 aromatic rings. The molecule has 0 bridgehead atoms. The van der Waals surface area contributed by atoms with Gasteiger partial charge in [-0.2, -0.15) is 0 Å². The van der Waals surface area contributed by atoms with E-state index < -0.39 is 28.5 Å². The van der Waals surface area contributed by atoms with Crippen LogP contribution in [0.2, 0.25) is 10.0 Å². The molecular formula is C30H35Cl2N3O4S. The van der Waals surface area contributed by atoms with Crippen LogP contribution < -0.4 is 9.62 Å². The average Bonchev–Trinajstić information content (AvgIpc) is 2.91. The van der Waals surface area contributed by atoms with Crippen LogP contribution in [-0.2, 0) is 26.2 Å². The standard InChI is InChI=1S/C30H35Cl2N3O4S/c1-20(2)17-33-30(37)23(5)34(18-24-10-6-21(3)7-11-24)29(36)19-35(28-16-25(31)12-15-27(28)32)40(38,39)26-13-8-22(4)9-14-26/h6-16,20,23H,17-19H2,1-5H3,(H,33,37). The van der Waals surface area contributed by atoms with E-state index in [4.69, 9.17) is 23.2 Å². The highest BCUT2D eigenvalue weighted by atomic mass is 35.5. The maximum atomic E-state index is 14.0. The molecule has 3 aromatic carbocycles. The van der Waals surface area contributed by atoms with Gasteiger partial charge >= 0.3 is 0 Å². The van der Waals surface area contributed by atoms with Crippen LogP contribution in [0.4, 0.5) is 5.69 Å². The van der Waals surface area contributed by atoms with Gasteiger partial charge in [-0.3, -0.25) is 13.9 Å². The van der Waals surface area contributed by atoms with Crippen LogP contribution in [0, 0.1) is 19.8 Å². The molecule has 1 atom stereocenters. The molecule has 0 aliphatic heterocycles. The molecule has 0 aromatic heterocycles. The molecule has 0 aliphatic rings. The van der Waals surface area contributed by atoms with E-state index in [9.17, 15) is 18.0 Å². The van der Waals surface area contributed by atoms with Crippen LogP contribution >= 0.6 is 23.2 Å². The lowest BCUT2D eigenvalue weighted by molar-refractivity contribution is -0.139. The van der Waals surface area contributed by atoms with Crippen molar-refractivity contribution in [2.24, 2.45) is 5.92 Å². The molecule has 0 fully saturated rings. The highest BCUT2D eigenvalue weighted by Crippen LogP contribution is 2.33. The topological polar surface area (TPSA) is 86.8 Å². The first-order valence-corrected chi connectivity index (χ1v) is 15.2. The van der Waals surface area contributed by atoms with Gasteiger partial charge in [-0.25, -0.2) is 8.42 Å². The van der Waals surface area contributed by atoms with Crippen molar-refractivity contribution in [3.8, 4) is 0 Å². The fourth-order valence-electron chi connectivity index (χ4n) is 3.95. The van der Waals surface area contributed by atoms with Crippen molar-refractivity contribution in [1.82, 2.24) is 10.2 Å². The van der Waals surface area contributed by atoms with Gasteiger partial charge in [-0.15, -0.1) is 0 Å². The van der Waals surface area contributed by atoms with Gasteiger partial charge in [0.05, 0.1) is 15.6 Å². The lowest BCUT2D eigenvalue weighted by Gasteiger charge is -2.32. The highest BCUT2D eigenvalue weighted by molar-refractivity contribution is 7.92. The van der Waals surface area contributed by atoms with E-state index in [1.54, 1.807) is 19.1 Å². The van der Waals surface area contributed by atoms with Gasteiger partial charge in [-0.05, 0) is 62.6 Å². The number of hydrogen-bond donors (Lipinski definition) is 1. The minimum absolute atomic E-state index is 0.00486. The van der Waals surface area contributed by atoms with Gasteiger partial charge in [0.2, 0.25) is 11.8 Å². The Kier molecular flexibility index (Phi) is 10.6. The van der Waals surface area contributed by atoms with Crippen molar-refractivity contribution < 1.29 is 18.0 Å². The Morgan fingerprint density at radius 2 is 1.45 bits per heavy atom. The maximum absolute atomic E-state index is 14.0. The van der Waals surface area contributed by atoms with Crippen LogP contribution in [0.1, 0.15) is 37.5 Å². The summed E-state index contributed by atoms with van der Waals surface area (Å²) in [5, 5.41) is 3.24. The van der Waals surface area contributed by atoms with Gasteiger partial charge in [0, 0.05) is 18.1 Å². The minimum Gasteiger partial charge on any atom is -0.354 e. The zero-order valence-electron chi connectivity index (χ0n) is 23.3. The zero-order chi connectivity index (χ0) is 29.6. The molecule has 10 heteroatoms. The number of carbonyl (C=O) groups excluding carboxylic acids is 2. The number of aryl methyl sites for hydroxylation is 2. The smallest absolute Gasteiger partial charge is 0.264 e. The first-order chi connectivity index (χ1) is 18.8. The monoisotopic (exact) mass is 603 g/mol. The molecule has 214 valence electrons. The second-order valence-corrected chi connectivity index (χ2v) is 12.9. The summed E-state index contributed by atoms with van der Waals surface area (Å²) in [7, 11) is -4.24. The number of rotatable bonds is 11. The summed E-state index contributed by atoms with van der Waals surface area (Å²) in [4.78, 5) is 28.4. The van der Waals surface area contributed by atoms with Crippen LogP contribution in [0.15, 0.2) is 71.6 Å². The fourth-order valence-corrected chi connectivity index (χ4v) is 5.81. The first-order valence-electron chi connectivity index (χ1n) is 13.0. The Bertz CT molecular complexity index is 1440. The largest absolute Gasteiger partial charge is 0.354 e. The molecule has 0 aliphatic carbocycles. The second kappa shape index (κ2) is 13.5. The summed E-state index contributed by atoms with van der Waals surface area (Å²) in [6, 6.07) is 17.5. The van der Waals surface area contributed by atoms with Crippen molar-refractivity contribution in [3.63, 3.8) is 0 Å². The zero-order valence-corrected chi connectivity index (χ0v) is 25.6. The van der Waals surface area contributed by atoms with Crippen LogP contribution in [-0.4, -0.2) is 44.3 Å². The summed E-state index contributed by atoms with van der Waals surface area (Å²) in [5.74, 6) is -0.681. The van der Waals surface area contributed by atoms with Gasteiger partial charge in [-0.1, -0.05) is 84.6 Å². The summed E-state index contributed by atoms with van der Waals surface area (Å²) >= 11 is 12.7. The minimum atomic E-state index is -4.24. The molecule has 0 saturated carbocycles. The van der Waals surface area contributed by atoms with E-state index in [2.05, 4.69) is 5.32 Å². The summed E-state index contributed by atoms with van der Waals surface area (Å²) in [5.41, 5.74) is 2.80. The second-order valence-electron chi connectivity index (χ2n) is 10.2. The number of hydrogen-bond acceptors (Lipinski definition) is 4. The van der Waals surface area contributed by atoms with Gasteiger partial charge in [0.1, 0.15) is 12.6 Å². The third-order valence-corrected chi connectivity index (χ3v) is 8.72. The third-order valence-electron chi connectivity index (χ3n) is 6.39. The van der Waals surface area contributed by atoms with E-state index in [1.807, 2.05) is 52.0 Å². The van der Waals surface area contributed by atoms with Crippen LogP contribution in [0.5, 0.6) is 0 Å². The Hall–Kier alpha value is -3.07. The molecular weight excluding hydrogens is 569 g/mol. The number of benzene rings is 3. The molecule has 0 radical (unpaired) electrons. The number of halogens is 2. The Balaban J connectivity index is 2.05. The van der Waals surface area contributed by atoms with Crippen molar-refractivity contribution in [3.05, 3.63) is 93.5 Å². The van der Waals surface area contributed by atoms with Crippen molar-refractivity contribution in [2.45, 2.75) is 52.1 Å². The number of carbonyl (C=O) groups is 2. The van der Waals surface area contributed by atoms with E-state index in [-0.39, 0.29) is 39.0 Å². The molecule has 1 unspecified atom stereocenters. The summed E-state index contributed by atoms with van der Waals surface area (Å²) in [6.07, 6.45) is 0. The van der Waals surface area contributed by atoms with Gasteiger partial charge in [0.15, 0.2) is 0 Å². The lowest BCUT2D eigenvalue weighted by atomic mass is 10.1. The maximum Gasteiger partial charge on any atom is 0.264 e. The molecule has 40 heavy (non-hydrogen) atoms. The molecule has 0 heterocycles. The quantitative estimate of drug-likeness (QED) is 0.291. The van der Waals surface area contributed by atoms with E-state index in [1.165, 1.54) is 35.2 Å². The molecule has 0 saturated heterocycles. The Labute approximate surface area is 247 Å². The Morgan fingerprint density at radius 1 is 0.875 bits per heavy atom. The number of nitrogens with zero attached hydrogens (tertiary/aromatic N) is 2. The predicted octanol–water partition coefficient (Wildman–Crippen LogP) is 6.00. The van der Waals surface area contributed by atoms with Gasteiger partial charge in [0.25, 0.3) is 10.0 Å². The SMILES string of the molecule is Cc1ccc(CN(C(=O)CN(c2cc(Cl)ccc2Cl)S(=O)(=O)c2ccc(C)cc2)C(C)C(=O)NCC(C)C)cc1. The number of anilines is 1. The number of sulfonamides is 1. The molecule has 1 N–H and O–H groups in total. The molecule has 2 amide bonds. The molecule has 3 rings (SSSR count). The number of amides is 2. The third kappa shape index (κ3) is 7.99. The molecule has 0 spiro atoms. The van der Waals surface area contributed by atoms with Crippen molar-refractivity contribution in [2.75, 3.05) is 17.4 Å². The average molecular weight is 605 g/mol. The van der Waals surface area contributed by atoms with Gasteiger partial charge < -0.3 is 10.2 Å². The van der Waals surface area contributed by atoms with Crippen LogP contribution in [0.25, 0.3) is 0 Å². The Morgan fingerprint density at radius 3 is 2.02 bits per heavy atom. The predicted molar refractivity (Wildman–Crippen MR) is 161 cm³/mol. The van der Waals surface area contributed by atoms with Crippen LogP contribution in [0.3, 0.4) is 0 Å². The van der Waals surface area contributed by atoms with Crippen molar-refractivity contribution in [1.29, 1.82) is 0 Å². The highest BCUT2D eigenvalue weighted by Gasteiger charge is 2.33. The summed E-state index contributed by atoms with van der Waals surface area (Å²) in [6.45, 7) is 9.35. The summed E-state index contributed by atoms with van der Waals surface area (Å²) < 4.78 is 28.8.